The summed E-state index contributed by atoms with van der Waals surface area (Å²) < 4.78 is 13.1. The lowest BCUT2D eigenvalue weighted by Crippen LogP contribution is -2.31. The highest BCUT2D eigenvalue weighted by molar-refractivity contribution is 6.46. The van der Waals surface area contributed by atoms with E-state index in [1.165, 1.54) is 4.90 Å². The van der Waals surface area contributed by atoms with Crippen molar-refractivity contribution in [2.24, 2.45) is 0 Å². The van der Waals surface area contributed by atoms with Crippen molar-refractivity contribution in [1.82, 2.24) is 14.5 Å². The molecule has 2 atom stereocenters. The number of fused-ring (bicyclic) bond motifs is 1. The number of aliphatic hydroxyl groups is 1. The number of nitrogens with zero attached hydrogens (tertiary/aromatic N) is 3. The van der Waals surface area contributed by atoms with Crippen LogP contribution in [-0.2, 0) is 22.6 Å². The number of hydrogen-bond acceptors (Lipinski definition) is 6. The number of aromatic nitrogens is 2. The molecule has 180 valence electrons. The Balaban J connectivity index is 1.54. The Bertz CT molecular complexity index is 1300. The van der Waals surface area contributed by atoms with E-state index >= 15 is 0 Å². The fourth-order valence-electron chi connectivity index (χ4n) is 4.84. The molecule has 2 aliphatic heterocycles. The third-order valence-electron chi connectivity index (χ3n) is 6.49. The third-order valence-corrected chi connectivity index (χ3v) is 6.49. The number of aliphatic hydroxyl groups excluding tert-OH is 1. The van der Waals surface area contributed by atoms with Gasteiger partial charge in [-0.05, 0) is 54.8 Å². The maximum absolute atomic E-state index is 13.3. The molecule has 0 unspecified atom stereocenters. The lowest BCUT2D eigenvalue weighted by atomic mass is 9.94. The molecule has 0 radical (unpaired) electrons. The molecule has 3 aromatic rings. The molecule has 1 aromatic heterocycles. The van der Waals surface area contributed by atoms with Crippen LogP contribution in [0.4, 0.5) is 0 Å². The highest BCUT2D eigenvalue weighted by atomic mass is 16.5. The fraction of sp³-hybridized carbons (Fsp3) is 0.296. The van der Waals surface area contributed by atoms with Gasteiger partial charge in [-0.3, -0.25) is 9.59 Å². The zero-order valence-electron chi connectivity index (χ0n) is 19.7. The molecule has 5 rings (SSSR count). The molecule has 0 spiro atoms. The van der Waals surface area contributed by atoms with Gasteiger partial charge in [0.25, 0.3) is 11.7 Å². The van der Waals surface area contributed by atoms with Crippen LogP contribution >= 0.6 is 0 Å². The van der Waals surface area contributed by atoms with Crippen LogP contribution in [0.5, 0.6) is 11.5 Å². The Kier molecular flexibility index (Phi) is 6.03. The van der Waals surface area contributed by atoms with Crippen LogP contribution in [0, 0.1) is 0 Å². The molecule has 1 fully saturated rings. The second kappa shape index (κ2) is 9.29. The van der Waals surface area contributed by atoms with Crippen LogP contribution in [0.3, 0.4) is 0 Å². The molecule has 1 N–H and O–H groups in total. The molecule has 0 bridgehead atoms. The molecule has 2 aromatic carbocycles. The Morgan fingerprint density at radius 2 is 2.06 bits per heavy atom. The minimum absolute atomic E-state index is 0.0558. The number of benzene rings is 2. The summed E-state index contributed by atoms with van der Waals surface area (Å²) >= 11 is 0. The minimum atomic E-state index is -0.726. The van der Waals surface area contributed by atoms with E-state index in [0.29, 0.717) is 36.4 Å². The number of imidazole rings is 1. The van der Waals surface area contributed by atoms with Crippen LogP contribution in [0.2, 0.25) is 0 Å². The maximum atomic E-state index is 13.3. The van der Waals surface area contributed by atoms with Crippen molar-refractivity contribution < 1.29 is 24.2 Å². The summed E-state index contributed by atoms with van der Waals surface area (Å²) in [6.07, 6.45) is 6.67. The monoisotopic (exact) mass is 473 g/mol. The van der Waals surface area contributed by atoms with Gasteiger partial charge >= 0.3 is 0 Å². The summed E-state index contributed by atoms with van der Waals surface area (Å²) in [6.45, 7) is 2.98. The number of ether oxygens (including phenoxy) is 2. The summed E-state index contributed by atoms with van der Waals surface area (Å²) in [7, 11) is 1.56. The van der Waals surface area contributed by atoms with Gasteiger partial charge in [0.2, 0.25) is 0 Å². The largest absolute Gasteiger partial charge is 0.507 e. The Morgan fingerprint density at radius 1 is 1.20 bits per heavy atom. The molecule has 3 heterocycles. The van der Waals surface area contributed by atoms with E-state index in [4.69, 9.17) is 9.47 Å². The fourth-order valence-corrected chi connectivity index (χ4v) is 4.84. The van der Waals surface area contributed by atoms with Crippen LogP contribution in [0.25, 0.3) is 5.76 Å². The first kappa shape index (κ1) is 22.7. The number of rotatable bonds is 7. The smallest absolute Gasteiger partial charge is 0.295 e. The summed E-state index contributed by atoms with van der Waals surface area (Å²) in [5, 5.41) is 11.4. The topological polar surface area (TPSA) is 93.9 Å². The average molecular weight is 474 g/mol. The second-order valence-corrected chi connectivity index (χ2v) is 8.88. The zero-order chi connectivity index (χ0) is 24.5. The predicted octanol–water partition coefficient (Wildman–Crippen LogP) is 3.73. The van der Waals surface area contributed by atoms with E-state index in [0.717, 1.165) is 17.7 Å². The number of aryl methyl sites for hydroxylation is 1. The summed E-state index contributed by atoms with van der Waals surface area (Å²) in [4.78, 5) is 32.0. The third kappa shape index (κ3) is 4.27. The van der Waals surface area contributed by atoms with E-state index in [1.807, 2.05) is 35.9 Å². The van der Waals surface area contributed by atoms with Gasteiger partial charge in [-0.25, -0.2) is 4.98 Å². The van der Waals surface area contributed by atoms with Gasteiger partial charge in [0, 0.05) is 37.5 Å². The van der Waals surface area contributed by atoms with Crippen molar-refractivity contribution in [3.05, 3.63) is 83.4 Å². The van der Waals surface area contributed by atoms with Gasteiger partial charge in [-0.2, -0.15) is 0 Å². The number of likely N-dealkylation sites (tertiary alicyclic amines) is 1. The summed E-state index contributed by atoms with van der Waals surface area (Å²) in [5.74, 6) is -0.115. The number of amides is 1. The van der Waals surface area contributed by atoms with Crippen molar-refractivity contribution in [1.29, 1.82) is 0 Å². The van der Waals surface area contributed by atoms with Gasteiger partial charge in [0.1, 0.15) is 23.4 Å². The molecule has 8 nitrogen and oxygen atoms in total. The number of methoxy groups -OCH3 is 1. The lowest BCUT2D eigenvalue weighted by Gasteiger charge is -2.25. The number of carbonyl (C=O) groups is 2. The van der Waals surface area contributed by atoms with Gasteiger partial charge in [0.05, 0.1) is 25.1 Å². The first-order valence-electron chi connectivity index (χ1n) is 11.6. The van der Waals surface area contributed by atoms with Crippen molar-refractivity contribution in [2.45, 2.75) is 38.5 Å². The standard InChI is InChI=1S/C27H27N3O5/c1-17-13-20-14-19(7-8-22(20)35-17)25(31)23-24(18-5-3-6-21(15-18)34-2)30(27(33)26(23)32)11-4-10-29-12-9-28-16-29/h3,5-9,12,14-17,24,31H,4,10-11,13H2,1-2H3/t17-,24-/m1/s1. The van der Waals surface area contributed by atoms with Gasteiger partial charge in [-0.15, -0.1) is 0 Å². The lowest BCUT2D eigenvalue weighted by molar-refractivity contribution is -0.139. The Hall–Kier alpha value is -4.07. The minimum Gasteiger partial charge on any atom is -0.507 e. The molecule has 2 aliphatic rings. The van der Waals surface area contributed by atoms with Gasteiger partial charge in [0.15, 0.2) is 0 Å². The first-order valence-corrected chi connectivity index (χ1v) is 11.6. The average Bonchev–Trinajstić information content (AvgIpc) is 3.57. The number of hydrogen-bond donors (Lipinski definition) is 1. The van der Waals surface area contributed by atoms with E-state index in [2.05, 4.69) is 4.98 Å². The van der Waals surface area contributed by atoms with Crippen LogP contribution in [0.1, 0.15) is 36.1 Å². The molecule has 0 aliphatic carbocycles. The zero-order valence-corrected chi connectivity index (χ0v) is 19.7. The summed E-state index contributed by atoms with van der Waals surface area (Å²) in [5.41, 5.74) is 2.24. The Labute approximate surface area is 203 Å². The molecule has 0 saturated carbocycles. The van der Waals surface area contributed by atoms with Crippen LogP contribution in [-0.4, -0.2) is 51.0 Å². The quantitative estimate of drug-likeness (QED) is 0.319. The molecule has 8 heteroatoms. The molecular formula is C27H27N3O5. The van der Waals surface area contributed by atoms with E-state index in [-0.39, 0.29) is 17.4 Å². The molecular weight excluding hydrogens is 446 g/mol. The molecule has 35 heavy (non-hydrogen) atoms. The highest BCUT2D eigenvalue weighted by Gasteiger charge is 2.46. The number of Topliss-reactive ketones (excluding diaryl/α,β-unsaturated/α-hetero) is 1. The summed E-state index contributed by atoms with van der Waals surface area (Å²) in [6, 6.07) is 11.9. The van der Waals surface area contributed by atoms with E-state index < -0.39 is 17.7 Å². The Morgan fingerprint density at radius 3 is 2.83 bits per heavy atom. The molecule has 1 amide bonds. The SMILES string of the molecule is COc1cccc([C@@H]2C(=C(O)c3ccc4c(c3)C[C@@H](C)O4)C(=O)C(=O)N2CCCn2ccnc2)c1. The second-order valence-electron chi connectivity index (χ2n) is 8.88. The van der Waals surface area contributed by atoms with Crippen LogP contribution < -0.4 is 9.47 Å². The number of carbonyl (C=O) groups excluding carboxylic acids is 2. The number of ketones is 1. The van der Waals surface area contributed by atoms with E-state index in [1.54, 1.807) is 43.9 Å². The first-order chi connectivity index (χ1) is 17.0. The van der Waals surface area contributed by atoms with Gasteiger partial charge < -0.3 is 24.0 Å². The van der Waals surface area contributed by atoms with E-state index in [9.17, 15) is 14.7 Å². The van der Waals surface area contributed by atoms with Crippen molar-refractivity contribution in [2.75, 3.05) is 13.7 Å². The molecule has 1 saturated heterocycles. The van der Waals surface area contributed by atoms with Crippen LogP contribution in [0.15, 0.2) is 66.8 Å². The maximum Gasteiger partial charge on any atom is 0.295 e. The van der Waals surface area contributed by atoms with Gasteiger partial charge in [-0.1, -0.05) is 12.1 Å². The van der Waals surface area contributed by atoms with Crippen molar-refractivity contribution in [3.8, 4) is 11.5 Å². The van der Waals surface area contributed by atoms with Crippen molar-refractivity contribution in [3.63, 3.8) is 0 Å². The van der Waals surface area contributed by atoms with Crippen molar-refractivity contribution >= 4 is 17.4 Å². The highest BCUT2D eigenvalue weighted by Crippen LogP contribution is 2.41. The normalized spacial score (nSPS) is 20.7. The predicted molar refractivity (Wildman–Crippen MR) is 129 cm³/mol.